The van der Waals surface area contributed by atoms with Crippen LogP contribution in [-0.2, 0) is 4.79 Å². The third kappa shape index (κ3) is 9.42. The molecule has 0 saturated heterocycles. The summed E-state index contributed by atoms with van der Waals surface area (Å²) in [5.41, 5.74) is 0. The average molecular weight is 258 g/mol. The second-order valence-corrected chi connectivity index (χ2v) is 5.04. The lowest BCUT2D eigenvalue weighted by Crippen LogP contribution is -2.38. The first kappa shape index (κ1) is 17.4. The van der Waals surface area contributed by atoms with E-state index in [0.29, 0.717) is 12.6 Å². The molecule has 0 aliphatic carbocycles. The number of carbonyl (C=O) groups excluding carboxylic acids is 1. The smallest absolute Gasteiger partial charge is 0.245 e. The average Bonchev–Trinajstić information content (AvgIpc) is 2.37. The molecule has 0 aromatic carbocycles. The van der Waals surface area contributed by atoms with E-state index in [-0.39, 0.29) is 5.91 Å². The second-order valence-electron chi connectivity index (χ2n) is 5.04. The van der Waals surface area contributed by atoms with E-state index in [9.17, 15) is 4.79 Å². The molecule has 1 amide bonds. The lowest BCUT2D eigenvalue weighted by molar-refractivity contribution is -0.123. The van der Waals surface area contributed by atoms with E-state index < -0.39 is 6.61 Å². The van der Waals surface area contributed by atoms with E-state index in [2.05, 4.69) is 31.1 Å². The van der Waals surface area contributed by atoms with Gasteiger partial charge in [-0.1, -0.05) is 39.0 Å². The largest absolute Gasteiger partial charge is 0.387 e. The Morgan fingerprint density at radius 2 is 1.94 bits per heavy atom. The topological polar surface area (TPSA) is 52.6 Å². The summed E-state index contributed by atoms with van der Waals surface area (Å²) in [5.74, 6) is -0.296. The van der Waals surface area contributed by atoms with Gasteiger partial charge in [0, 0.05) is 19.1 Å². The van der Waals surface area contributed by atoms with Crippen LogP contribution in [0, 0.1) is 0 Å². The summed E-state index contributed by atoms with van der Waals surface area (Å²) in [6.07, 6.45) is 7.81. The Morgan fingerprint density at radius 3 is 2.56 bits per heavy atom. The highest BCUT2D eigenvalue weighted by molar-refractivity contribution is 5.76. The van der Waals surface area contributed by atoms with E-state index >= 15 is 0 Å². The van der Waals surface area contributed by atoms with Crippen LogP contribution in [0.25, 0.3) is 0 Å². The first-order valence-electron chi connectivity index (χ1n) is 7.19. The highest BCUT2D eigenvalue weighted by Crippen LogP contribution is 2.09. The van der Waals surface area contributed by atoms with E-state index in [0.717, 1.165) is 6.54 Å². The molecule has 0 heterocycles. The quantitative estimate of drug-likeness (QED) is 0.555. The van der Waals surface area contributed by atoms with Gasteiger partial charge in [-0.05, 0) is 20.4 Å². The van der Waals surface area contributed by atoms with Gasteiger partial charge in [0.25, 0.3) is 0 Å². The van der Waals surface area contributed by atoms with Crippen molar-refractivity contribution in [1.29, 1.82) is 0 Å². The number of nitrogens with zero attached hydrogens (tertiary/aromatic N) is 1. The molecule has 0 bridgehead atoms. The van der Waals surface area contributed by atoms with Gasteiger partial charge in [0.2, 0.25) is 5.91 Å². The standard InChI is InChI=1S/C14H30N2O2/c1-4-5-6-7-8-9-13(2)16(3)11-10-15-14(18)12-17/h13,17H,4-12H2,1-3H3,(H,15,18). The molecule has 4 heteroatoms. The van der Waals surface area contributed by atoms with Crippen molar-refractivity contribution in [2.45, 2.75) is 58.4 Å². The normalized spacial score (nSPS) is 12.7. The van der Waals surface area contributed by atoms with Crippen molar-refractivity contribution in [2.24, 2.45) is 0 Å². The first-order valence-corrected chi connectivity index (χ1v) is 7.19. The van der Waals surface area contributed by atoms with Gasteiger partial charge in [0.05, 0.1) is 0 Å². The second kappa shape index (κ2) is 11.5. The zero-order valence-electron chi connectivity index (χ0n) is 12.2. The predicted octanol–water partition coefficient (Wildman–Crippen LogP) is 1.78. The fraction of sp³-hybridized carbons (Fsp3) is 0.929. The van der Waals surface area contributed by atoms with Gasteiger partial charge in [-0.15, -0.1) is 0 Å². The van der Waals surface area contributed by atoms with Crippen LogP contribution in [0.2, 0.25) is 0 Å². The lowest BCUT2D eigenvalue weighted by Gasteiger charge is -2.24. The number of unbranched alkanes of at least 4 members (excludes halogenated alkanes) is 4. The summed E-state index contributed by atoms with van der Waals surface area (Å²) in [5, 5.41) is 11.2. The monoisotopic (exact) mass is 258 g/mol. The number of carbonyl (C=O) groups is 1. The Labute approximate surface area is 112 Å². The number of hydrogen-bond acceptors (Lipinski definition) is 3. The first-order chi connectivity index (χ1) is 8.61. The number of rotatable bonds is 11. The third-order valence-corrected chi connectivity index (χ3v) is 3.41. The number of hydrogen-bond donors (Lipinski definition) is 2. The van der Waals surface area contributed by atoms with Gasteiger partial charge in [0.15, 0.2) is 0 Å². The zero-order valence-corrected chi connectivity index (χ0v) is 12.2. The molecule has 0 radical (unpaired) electrons. The summed E-state index contributed by atoms with van der Waals surface area (Å²) in [6, 6.07) is 0.553. The minimum absolute atomic E-state index is 0.296. The fourth-order valence-corrected chi connectivity index (χ4v) is 1.91. The molecule has 4 nitrogen and oxygen atoms in total. The number of amides is 1. The summed E-state index contributed by atoms with van der Waals surface area (Å²) in [6.45, 7) is 5.49. The number of aliphatic hydroxyl groups excluding tert-OH is 1. The van der Waals surface area contributed by atoms with Crippen molar-refractivity contribution in [3.63, 3.8) is 0 Å². The molecule has 0 aromatic rings. The van der Waals surface area contributed by atoms with Gasteiger partial charge in [-0.2, -0.15) is 0 Å². The molecule has 0 spiro atoms. The summed E-state index contributed by atoms with van der Waals surface area (Å²) in [7, 11) is 2.09. The maximum absolute atomic E-state index is 10.9. The molecule has 108 valence electrons. The van der Waals surface area contributed by atoms with Gasteiger partial charge in [-0.3, -0.25) is 4.79 Å². The number of likely N-dealkylation sites (N-methyl/N-ethyl adjacent to an activating group) is 1. The SMILES string of the molecule is CCCCCCCC(C)N(C)CCNC(=O)CO. The minimum Gasteiger partial charge on any atom is -0.387 e. The third-order valence-electron chi connectivity index (χ3n) is 3.41. The van der Waals surface area contributed by atoms with Crippen molar-refractivity contribution in [3.8, 4) is 0 Å². The molecular formula is C14H30N2O2. The van der Waals surface area contributed by atoms with E-state index in [1.807, 2.05) is 0 Å². The number of aliphatic hydroxyl groups is 1. The highest BCUT2D eigenvalue weighted by Gasteiger charge is 2.08. The van der Waals surface area contributed by atoms with Crippen LogP contribution < -0.4 is 5.32 Å². The minimum atomic E-state index is -0.420. The van der Waals surface area contributed by atoms with Crippen molar-refractivity contribution >= 4 is 5.91 Å². The molecule has 1 atom stereocenters. The van der Waals surface area contributed by atoms with Crippen molar-refractivity contribution < 1.29 is 9.90 Å². The van der Waals surface area contributed by atoms with Crippen LogP contribution in [0.5, 0.6) is 0 Å². The van der Waals surface area contributed by atoms with Crippen molar-refractivity contribution in [1.82, 2.24) is 10.2 Å². The molecule has 18 heavy (non-hydrogen) atoms. The molecule has 0 aliphatic rings. The van der Waals surface area contributed by atoms with Crippen LogP contribution in [0.15, 0.2) is 0 Å². The Hall–Kier alpha value is -0.610. The summed E-state index contributed by atoms with van der Waals surface area (Å²) >= 11 is 0. The van der Waals surface area contributed by atoms with Gasteiger partial charge in [-0.25, -0.2) is 0 Å². The molecule has 2 N–H and O–H groups in total. The Bertz CT molecular complexity index is 210. The predicted molar refractivity (Wildman–Crippen MR) is 75.6 cm³/mol. The van der Waals surface area contributed by atoms with Gasteiger partial charge in [0.1, 0.15) is 6.61 Å². The molecular weight excluding hydrogens is 228 g/mol. The Morgan fingerprint density at radius 1 is 1.28 bits per heavy atom. The van der Waals surface area contributed by atoms with Crippen LogP contribution >= 0.6 is 0 Å². The molecule has 0 fully saturated rings. The lowest BCUT2D eigenvalue weighted by atomic mass is 10.1. The van der Waals surface area contributed by atoms with E-state index in [4.69, 9.17) is 5.11 Å². The van der Waals surface area contributed by atoms with Gasteiger partial charge < -0.3 is 15.3 Å². The molecule has 0 aromatic heterocycles. The fourth-order valence-electron chi connectivity index (χ4n) is 1.91. The van der Waals surface area contributed by atoms with Gasteiger partial charge >= 0.3 is 0 Å². The van der Waals surface area contributed by atoms with Crippen LogP contribution in [0.1, 0.15) is 52.4 Å². The Kier molecular flexibility index (Phi) is 11.1. The van der Waals surface area contributed by atoms with Crippen LogP contribution in [-0.4, -0.2) is 48.7 Å². The Balaban J connectivity index is 3.50. The number of nitrogens with one attached hydrogen (secondary N) is 1. The highest BCUT2D eigenvalue weighted by atomic mass is 16.3. The zero-order chi connectivity index (χ0) is 13.8. The van der Waals surface area contributed by atoms with Crippen molar-refractivity contribution in [3.05, 3.63) is 0 Å². The molecule has 0 aliphatic heterocycles. The maximum Gasteiger partial charge on any atom is 0.245 e. The molecule has 1 unspecified atom stereocenters. The summed E-state index contributed by atoms with van der Waals surface area (Å²) < 4.78 is 0. The van der Waals surface area contributed by atoms with E-state index in [1.165, 1.54) is 38.5 Å². The van der Waals surface area contributed by atoms with Crippen LogP contribution in [0.4, 0.5) is 0 Å². The maximum atomic E-state index is 10.9. The van der Waals surface area contributed by atoms with Crippen LogP contribution in [0.3, 0.4) is 0 Å². The molecule has 0 saturated carbocycles. The van der Waals surface area contributed by atoms with Crippen molar-refractivity contribution in [2.75, 3.05) is 26.7 Å². The molecule has 0 rings (SSSR count). The van der Waals surface area contributed by atoms with E-state index in [1.54, 1.807) is 0 Å². The summed E-state index contributed by atoms with van der Waals surface area (Å²) in [4.78, 5) is 13.1.